The van der Waals surface area contributed by atoms with Crippen LogP contribution in [0, 0.1) is 5.92 Å². The average Bonchev–Trinajstić information content (AvgIpc) is 2.47. The Hall–Kier alpha value is -2.64. The van der Waals surface area contributed by atoms with Gasteiger partial charge < -0.3 is 21.1 Å². The molecule has 0 saturated carbocycles. The molecule has 2 heterocycles. The molecule has 8 nitrogen and oxygen atoms in total. The molecule has 112 valence electrons. The Bertz CT molecular complexity index is 575. The van der Waals surface area contributed by atoms with Gasteiger partial charge in [0.15, 0.2) is 0 Å². The van der Waals surface area contributed by atoms with Gasteiger partial charge in [0.2, 0.25) is 5.91 Å². The summed E-state index contributed by atoms with van der Waals surface area (Å²) in [5, 5.41) is 11.5. The Kier molecular flexibility index (Phi) is 4.36. The zero-order valence-electron chi connectivity index (χ0n) is 11.3. The van der Waals surface area contributed by atoms with Gasteiger partial charge in [0.05, 0.1) is 23.4 Å². The Morgan fingerprint density at radius 2 is 2.14 bits per heavy atom. The second kappa shape index (κ2) is 6.21. The number of piperidine rings is 1. The van der Waals surface area contributed by atoms with Crippen molar-refractivity contribution < 1.29 is 19.5 Å². The van der Waals surface area contributed by atoms with E-state index in [1.54, 1.807) is 0 Å². The maximum Gasteiger partial charge on any atom is 0.337 e. The Labute approximate surface area is 120 Å². The van der Waals surface area contributed by atoms with E-state index in [0.717, 1.165) is 0 Å². The smallest absolute Gasteiger partial charge is 0.337 e. The molecule has 0 radical (unpaired) electrons. The number of urea groups is 1. The number of hydrogen-bond donors (Lipinski definition) is 3. The number of aromatic nitrogens is 1. The number of likely N-dealkylation sites (tertiary alicyclic amines) is 1. The summed E-state index contributed by atoms with van der Waals surface area (Å²) in [7, 11) is 0. The number of amides is 3. The Balaban J connectivity index is 2.02. The first-order chi connectivity index (χ1) is 9.97. The van der Waals surface area contributed by atoms with E-state index in [4.69, 9.17) is 10.8 Å². The van der Waals surface area contributed by atoms with Gasteiger partial charge in [-0.15, -0.1) is 0 Å². The highest BCUT2D eigenvalue weighted by atomic mass is 16.4. The number of pyridine rings is 1. The lowest BCUT2D eigenvalue weighted by atomic mass is 9.97. The molecule has 0 spiro atoms. The standard InChI is InChI=1S/C13H16N4O4/c14-13(21)17-3-1-2-8(7-17)11(18)16-10-4-9(12(19)20)5-15-6-10/h4-6,8H,1-3,7H2,(H2,14,21)(H,16,18)(H,19,20). The molecule has 4 N–H and O–H groups in total. The maximum atomic E-state index is 12.2. The van der Waals surface area contributed by atoms with Gasteiger partial charge in [-0.2, -0.15) is 0 Å². The van der Waals surface area contributed by atoms with Crippen LogP contribution in [-0.2, 0) is 4.79 Å². The van der Waals surface area contributed by atoms with E-state index in [1.165, 1.54) is 23.4 Å². The number of hydrogen-bond acceptors (Lipinski definition) is 4. The number of carboxylic acid groups (broad SMARTS) is 1. The van der Waals surface area contributed by atoms with Gasteiger partial charge in [-0.05, 0) is 18.9 Å². The molecule has 1 fully saturated rings. The quantitative estimate of drug-likeness (QED) is 0.748. The summed E-state index contributed by atoms with van der Waals surface area (Å²) in [6.45, 7) is 0.822. The minimum atomic E-state index is -1.11. The molecule has 3 amide bonds. The fourth-order valence-corrected chi connectivity index (χ4v) is 2.26. The third kappa shape index (κ3) is 3.68. The third-order valence-electron chi connectivity index (χ3n) is 3.36. The van der Waals surface area contributed by atoms with E-state index in [0.29, 0.717) is 25.1 Å². The van der Waals surface area contributed by atoms with Crippen LogP contribution in [0.1, 0.15) is 23.2 Å². The molecule has 1 aromatic heterocycles. The summed E-state index contributed by atoms with van der Waals surface area (Å²) in [5.41, 5.74) is 5.53. The van der Waals surface area contributed by atoms with Gasteiger partial charge in [0.25, 0.3) is 0 Å². The van der Waals surface area contributed by atoms with Gasteiger partial charge in [-0.3, -0.25) is 9.78 Å². The van der Waals surface area contributed by atoms with Crippen LogP contribution in [0.5, 0.6) is 0 Å². The summed E-state index contributed by atoms with van der Waals surface area (Å²) in [4.78, 5) is 39.3. The maximum absolute atomic E-state index is 12.2. The lowest BCUT2D eigenvalue weighted by Gasteiger charge is -2.30. The van der Waals surface area contributed by atoms with Crippen molar-refractivity contribution >= 4 is 23.6 Å². The highest BCUT2D eigenvalue weighted by Crippen LogP contribution is 2.18. The van der Waals surface area contributed by atoms with Crippen LogP contribution in [0.3, 0.4) is 0 Å². The number of aromatic carboxylic acids is 1. The molecule has 0 aromatic carbocycles. The van der Waals surface area contributed by atoms with E-state index < -0.39 is 12.0 Å². The van der Waals surface area contributed by atoms with Crippen LogP contribution >= 0.6 is 0 Å². The average molecular weight is 292 g/mol. The van der Waals surface area contributed by atoms with Crippen molar-refractivity contribution in [3.05, 3.63) is 24.0 Å². The summed E-state index contributed by atoms with van der Waals surface area (Å²) < 4.78 is 0. The van der Waals surface area contributed by atoms with Crippen molar-refractivity contribution in [1.29, 1.82) is 0 Å². The van der Waals surface area contributed by atoms with Crippen LogP contribution in [0.4, 0.5) is 10.5 Å². The lowest BCUT2D eigenvalue weighted by molar-refractivity contribution is -0.121. The number of carboxylic acids is 1. The first-order valence-corrected chi connectivity index (χ1v) is 6.51. The normalized spacial score (nSPS) is 18.1. The Morgan fingerprint density at radius 1 is 1.38 bits per heavy atom. The van der Waals surface area contributed by atoms with Crippen molar-refractivity contribution in [3.8, 4) is 0 Å². The fourth-order valence-electron chi connectivity index (χ4n) is 2.26. The molecular weight excluding hydrogens is 276 g/mol. The summed E-state index contributed by atoms with van der Waals surface area (Å²) >= 11 is 0. The van der Waals surface area contributed by atoms with E-state index in [9.17, 15) is 14.4 Å². The molecule has 0 aliphatic carbocycles. The van der Waals surface area contributed by atoms with Crippen LogP contribution < -0.4 is 11.1 Å². The number of carbonyl (C=O) groups excluding carboxylic acids is 2. The Morgan fingerprint density at radius 3 is 2.81 bits per heavy atom. The predicted molar refractivity (Wildman–Crippen MR) is 73.7 cm³/mol. The van der Waals surface area contributed by atoms with Crippen LogP contribution in [-0.4, -0.2) is 46.0 Å². The van der Waals surface area contributed by atoms with Gasteiger partial charge >= 0.3 is 12.0 Å². The zero-order chi connectivity index (χ0) is 15.4. The summed E-state index contributed by atoms with van der Waals surface area (Å²) in [6.07, 6.45) is 3.93. The molecule has 1 saturated heterocycles. The molecule has 2 rings (SSSR count). The minimum absolute atomic E-state index is 0.00444. The number of anilines is 1. The topological polar surface area (TPSA) is 126 Å². The molecule has 1 unspecified atom stereocenters. The largest absolute Gasteiger partial charge is 0.478 e. The molecular formula is C13H16N4O4. The lowest BCUT2D eigenvalue weighted by Crippen LogP contribution is -2.46. The molecule has 8 heteroatoms. The SMILES string of the molecule is NC(=O)N1CCCC(C(=O)Nc2cncc(C(=O)O)c2)C1. The summed E-state index contributed by atoms with van der Waals surface area (Å²) in [5.74, 6) is -1.75. The number of nitrogens with zero attached hydrogens (tertiary/aromatic N) is 2. The van der Waals surface area contributed by atoms with E-state index in [2.05, 4.69) is 10.3 Å². The van der Waals surface area contributed by atoms with Gasteiger partial charge in [-0.25, -0.2) is 9.59 Å². The molecule has 1 aromatic rings. The van der Waals surface area contributed by atoms with Crippen LogP contribution in [0.15, 0.2) is 18.5 Å². The predicted octanol–water partition coefficient (Wildman–Crippen LogP) is 0.509. The first-order valence-electron chi connectivity index (χ1n) is 6.51. The molecule has 21 heavy (non-hydrogen) atoms. The molecule has 1 aliphatic heterocycles. The van der Waals surface area contributed by atoms with E-state index in [1.807, 2.05) is 0 Å². The van der Waals surface area contributed by atoms with Crippen LogP contribution in [0.25, 0.3) is 0 Å². The van der Waals surface area contributed by atoms with Crippen molar-refractivity contribution in [2.75, 3.05) is 18.4 Å². The zero-order valence-corrected chi connectivity index (χ0v) is 11.3. The van der Waals surface area contributed by atoms with Gasteiger partial charge in [0, 0.05) is 19.3 Å². The highest BCUT2D eigenvalue weighted by molar-refractivity contribution is 5.95. The van der Waals surface area contributed by atoms with Crippen molar-refractivity contribution in [1.82, 2.24) is 9.88 Å². The summed E-state index contributed by atoms with van der Waals surface area (Å²) in [6, 6.07) is 0.795. The number of nitrogens with one attached hydrogen (secondary N) is 1. The molecule has 1 aliphatic rings. The molecule has 1 atom stereocenters. The fraction of sp³-hybridized carbons (Fsp3) is 0.385. The van der Waals surface area contributed by atoms with Crippen molar-refractivity contribution in [2.24, 2.45) is 11.7 Å². The monoisotopic (exact) mass is 292 g/mol. The van der Waals surface area contributed by atoms with Crippen molar-refractivity contribution in [3.63, 3.8) is 0 Å². The number of primary amides is 1. The number of nitrogens with two attached hydrogens (primary N) is 1. The van der Waals surface area contributed by atoms with Gasteiger partial charge in [-0.1, -0.05) is 0 Å². The van der Waals surface area contributed by atoms with E-state index >= 15 is 0 Å². The third-order valence-corrected chi connectivity index (χ3v) is 3.36. The first kappa shape index (κ1) is 14.8. The number of carbonyl (C=O) groups is 3. The van der Waals surface area contributed by atoms with Crippen molar-refractivity contribution in [2.45, 2.75) is 12.8 Å². The van der Waals surface area contributed by atoms with Gasteiger partial charge in [0.1, 0.15) is 0 Å². The highest BCUT2D eigenvalue weighted by Gasteiger charge is 2.27. The second-order valence-electron chi connectivity index (χ2n) is 4.88. The van der Waals surface area contributed by atoms with E-state index in [-0.39, 0.29) is 23.9 Å². The van der Waals surface area contributed by atoms with Crippen LogP contribution in [0.2, 0.25) is 0 Å². The molecule has 0 bridgehead atoms. The minimum Gasteiger partial charge on any atom is -0.478 e. The second-order valence-corrected chi connectivity index (χ2v) is 4.88. The number of rotatable bonds is 3.